The highest BCUT2D eigenvalue weighted by atomic mass is 32.1. The summed E-state index contributed by atoms with van der Waals surface area (Å²) in [4.78, 5) is 6.24. The fourth-order valence-electron chi connectivity index (χ4n) is 2.73. The lowest BCUT2D eigenvalue weighted by Gasteiger charge is -2.26. The zero-order valence-electron chi connectivity index (χ0n) is 15.6. The minimum Gasteiger partial charge on any atom is -0.497 e. The van der Waals surface area contributed by atoms with Gasteiger partial charge in [-0.3, -0.25) is 4.98 Å². The van der Waals surface area contributed by atoms with Crippen molar-refractivity contribution >= 4 is 23.0 Å². The van der Waals surface area contributed by atoms with E-state index in [0.29, 0.717) is 11.7 Å². The minimum absolute atomic E-state index is 0.667. The van der Waals surface area contributed by atoms with Crippen LogP contribution in [0.15, 0.2) is 73.1 Å². The molecule has 0 bridgehead atoms. The van der Waals surface area contributed by atoms with Crippen molar-refractivity contribution in [2.24, 2.45) is 0 Å². The highest BCUT2D eigenvalue weighted by Crippen LogP contribution is 2.18. The van der Waals surface area contributed by atoms with E-state index in [2.05, 4.69) is 46.4 Å². The lowest BCUT2D eigenvalue weighted by Crippen LogP contribution is -2.33. The number of methoxy groups -OCH3 is 1. The molecule has 0 radical (unpaired) electrons. The maximum Gasteiger partial charge on any atom is 0.174 e. The second-order valence-electron chi connectivity index (χ2n) is 6.36. The van der Waals surface area contributed by atoms with Crippen molar-refractivity contribution < 1.29 is 4.74 Å². The molecule has 0 spiro atoms. The van der Waals surface area contributed by atoms with Gasteiger partial charge in [0, 0.05) is 37.2 Å². The largest absolute Gasteiger partial charge is 0.497 e. The Labute approximate surface area is 165 Å². The number of aryl methyl sites for hydroxylation is 1. The summed E-state index contributed by atoms with van der Waals surface area (Å²) in [5.41, 5.74) is 4.52. The summed E-state index contributed by atoms with van der Waals surface area (Å²) in [6, 6.07) is 20.3. The molecule has 0 amide bonds. The Kier molecular flexibility index (Phi) is 6.39. The van der Waals surface area contributed by atoms with E-state index >= 15 is 0 Å². The van der Waals surface area contributed by atoms with Crippen molar-refractivity contribution in [3.8, 4) is 5.75 Å². The summed E-state index contributed by atoms with van der Waals surface area (Å²) in [5.74, 6) is 0.794. The van der Waals surface area contributed by atoms with Crippen LogP contribution >= 0.6 is 12.2 Å². The Morgan fingerprint density at radius 3 is 2.33 bits per heavy atom. The number of hydrogen-bond donors (Lipinski definition) is 1. The van der Waals surface area contributed by atoms with Crippen LogP contribution in [-0.2, 0) is 13.1 Å². The van der Waals surface area contributed by atoms with Crippen LogP contribution in [0, 0.1) is 6.92 Å². The molecule has 1 N–H and O–H groups in total. The summed E-state index contributed by atoms with van der Waals surface area (Å²) < 4.78 is 5.30. The van der Waals surface area contributed by atoms with Crippen LogP contribution in [0.5, 0.6) is 5.75 Å². The van der Waals surface area contributed by atoms with E-state index in [1.807, 2.05) is 36.4 Å². The summed E-state index contributed by atoms with van der Waals surface area (Å²) in [7, 11) is 1.66. The first-order valence-electron chi connectivity index (χ1n) is 8.78. The van der Waals surface area contributed by atoms with E-state index in [4.69, 9.17) is 17.0 Å². The number of nitrogens with one attached hydrogen (secondary N) is 1. The molecule has 1 aromatic heterocycles. The summed E-state index contributed by atoms with van der Waals surface area (Å²) in [5, 5.41) is 4.00. The topological polar surface area (TPSA) is 37.4 Å². The van der Waals surface area contributed by atoms with Crippen LogP contribution in [0.3, 0.4) is 0 Å². The third kappa shape index (κ3) is 5.53. The molecule has 0 saturated heterocycles. The maximum absolute atomic E-state index is 5.72. The van der Waals surface area contributed by atoms with Gasteiger partial charge in [0.1, 0.15) is 5.75 Å². The smallest absolute Gasteiger partial charge is 0.174 e. The number of pyridine rings is 1. The van der Waals surface area contributed by atoms with E-state index in [9.17, 15) is 0 Å². The van der Waals surface area contributed by atoms with Gasteiger partial charge in [-0.05, 0) is 54.5 Å². The number of thiocarbonyl (C=S) groups is 1. The molecular weight excluding hydrogens is 354 g/mol. The predicted octanol–water partition coefficient (Wildman–Crippen LogP) is 4.80. The lowest BCUT2D eigenvalue weighted by molar-refractivity contribution is 0.411. The van der Waals surface area contributed by atoms with Gasteiger partial charge in [-0.1, -0.05) is 35.9 Å². The molecule has 3 aromatic rings. The molecular formula is C22H23N3OS. The monoisotopic (exact) mass is 377 g/mol. The van der Waals surface area contributed by atoms with Crippen LogP contribution in [0.4, 0.5) is 5.69 Å². The van der Waals surface area contributed by atoms with Gasteiger partial charge < -0.3 is 15.0 Å². The number of nitrogens with zero attached hydrogens (tertiary/aromatic N) is 2. The number of rotatable bonds is 6. The third-order valence-corrected chi connectivity index (χ3v) is 4.59. The molecule has 2 aromatic carbocycles. The van der Waals surface area contributed by atoms with E-state index < -0.39 is 0 Å². The van der Waals surface area contributed by atoms with Crippen molar-refractivity contribution in [2.75, 3.05) is 12.4 Å². The quantitative estimate of drug-likeness (QED) is 0.625. The number of anilines is 1. The van der Waals surface area contributed by atoms with Gasteiger partial charge >= 0.3 is 0 Å². The van der Waals surface area contributed by atoms with Crippen LogP contribution in [0.25, 0.3) is 0 Å². The Morgan fingerprint density at radius 2 is 1.67 bits per heavy atom. The van der Waals surface area contributed by atoms with Crippen molar-refractivity contribution in [1.82, 2.24) is 9.88 Å². The van der Waals surface area contributed by atoms with Crippen LogP contribution in [0.1, 0.15) is 16.7 Å². The minimum atomic E-state index is 0.667. The molecule has 0 fully saturated rings. The zero-order chi connectivity index (χ0) is 19.1. The van der Waals surface area contributed by atoms with Crippen LogP contribution in [-0.4, -0.2) is 22.1 Å². The van der Waals surface area contributed by atoms with E-state index in [-0.39, 0.29) is 0 Å². The SMILES string of the molecule is COc1cccc(NC(=S)N(Cc2ccncc2)Cc2ccc(C)cc2)c1. The number of ether oxygens (including phenoxy) is 1. The third-order valence-electron chi connectivity index (χ3n) is 4.23. The molecule has 3 rings (SSSR count). The molecule has 0 saturated carbocycles. The van der Waals surface area contributed by atoms with Gasteiger partial charge in [-0.2, -0.15) is 0 Å². The van der Waals surface area contributed by atoms with E-state index in [0.717, 1.165) is 23.5 Å². The predicted molar refractivity (Wildman–Crippen MR) is 114 cm³/mol. The second kappa shape index (κ2) is 9.14. The molecule has 0 atom stereocenters. The first-order valence-corrected chi connectivity index (χ1v) is 9.19. The molecule has 5 heteroatoms. The molecule has 0 aliphatic heterocycles. The Hall–Kier alpha value is -2.92. The standard InChI is InChI=1S/C22H23N3OS/c1-17-6-8-18(9-7-17)15-25(16-19-10-12-23-13-11-19)22(27)24-20-4-3-5-21(14-20)26-2/h3-14H,15-16H2,1-2H3,(H,24,27). The summed E-state index contributed by atoms with van der Waals surface area (Å²) in [6.45, 7) is 3.51. The summed E-state index contributed by atoms with van der Waals surface area (Å²) >= 11 is 5.72. The molecule has 138 valence electrons. The summed E-state index contributed by atoms with van der Waals surface area (Å²) in [6.07, 6.45) is 3.61. The second-order valence-corrected chi connectivity index (χ2v) is 6.75. The Morgan fingerprint density at radius 1 is 1.00 bits per heavy atom. The number of hydrogen-bond acceptors (Lipinski definition) is 3. The van der Waals surface area contributed by atoms with Gasteiger partial charge in [0.15, 0.2) is 5.11 Å². The molecule has 0 unspecified atom stereocenters. The molecule has 4 nitrogen and oxygen atoms in total. The van der Waals surface area contributed by atoms with Gasteiger partial charge in [0.2, 0.25) is 0 Å². The Bertz CT molecular complexity index is 882. The maximum atomic E-state index is 5.72. The van der Waals surface area contributed by atoms with Crippen molar-refractivity contribution in [2.45, 2.75) is 20.0 Å². The first kappa shape index (κ1) is 18.9. The zero-order valence-corrected chi connectivity index (χ0v) is 16.4. The van der Waals surface area contributed by atoms with Crippen LogP contribution < -0.4 is 10.1 Å². The molecule has 0 aliphatic carbocycles. The van der Waals surface area contributed by atoms with Crippen molar-refractivity contribution in [3.63, 3.8) is 0 Å². The number of aromatic nitrogens is 1. The van der Waals surface area contributed by atoms with Crippen molar-refractivity contribution in [1.29, 1.82) is 0 Å². The number of benzene rings is 2. The van der Waals surface area contributed by atoms with Gasteiger partial charge in [0.25, 0.3) is 0 Å². The first-order chi connectivity index (χ1) is 13.1. The van der Waals surface area contributed by atoms with Gasteiger partial charge in [-0.25, -0.2) is 0 Å². The van der Waals surface area contributed by atoms with E-state index in [1.54, 1.807) is 19.5 Å². The lowest BCUT2D eigenvalue weighted by atomic mass is 10.1. The van der Waals surface area contributed by atoms with Crippen molar-refractivity contribution in [3.05, 3.63) is 89.7 Å². The highest BCUT2D eigenvalue weighted by Gasteiger charge is 2.12. The molecule has 27 heavy (non-hydrogen) atoms. The van der Waals surface area contributed by atoms with Gasteiger partial charge in [-0.15, -0.1) is 0 Å². The Balaban J connectivity index is 1.78. The highest BCUT2D eigenvalue weighted by molar-refractivity contribution is 7.80. The van der Waals surface area contributed by atoms with Crippen LogP contribution in [0.2, 0.25) is 0 Å². The molecule has 1 heterocycles. The van der Waals surface area contributed by atoms with Gasteiger partial charge in [0.05, 0.1) is 7.11 Å². The normalized spacial score (nSPS) is 10.3. The molecule has 0 aliphatic rings. The van der Waals surface area contributed by atoms with E-state index in [1.165, 1.54) is 11.1 Å². The fourth-order valence-corrected chi connectivity index (χ4v) is 2.97. The fraction of sp³-hybridized carbons (Fsp3) is 0.182. The average Bonchev–Trinajstić information content (AvgIpc) is 2.70. The average molecular weight is 378 g/mol.